The van der Waals surface area contributed by atoms with Crippen molar-refractivity contribution in [3.8, 4) is 11.5 Å². The molecule has 0 aromatic heterocycles. The Kier molecular flexibility index (Phi) is 4.87. The molecule has 0 unspecified atom stereocenters. The summed E-state index contributed by atoms with van der Waals surface area (Å²) in [5, 5.41) is 4.17. The largest absolute Gasteiger partial charge is 0.498 e. The van der Waals surface area contributed by atoms with Gasteiger partial charge in [0.25, 0.3) is 0 Å². The molecule has 0 bridgehead atoms. The summed E-state index contributed by atoms with van der Waals surface area (Å²) < 4.78 is 12.8. The van der Waals surface area contributed by atoms with Crippen molar-refractivity contribution in [2.24, 2.45) is 0 Å². The lowest BCUT2D eigenvalue weighted by Gasteiger charge is -2.24. The third-order valence-electron chi connectivity index (χ3n) is 5.74. The van der Waals surface area contributed by atoms with Gasteiger partial charge in [-0.05, 0) is 48.6 Å². The van der Waals surface area contributed by atoms with Gasteiger partial charge in [-0.1, -0.05) is 72.8 Å². The van der Waals surface area contributed by atoms with Crippen LogP contribution in [0.1, 0.15) is 25.7 Å². The molecule has 0 spiro atoms. The van der Waals surface area contributed by atoms with Gasteiger partial charge in [0.2, 0.25) is 0 Å². The number of hydrogen-bond donors (Lipinski definition) is 1. The SMILES string of the molecule is O[P+](Oc1cccc2ccccc12)(Oc1cccc2ccccc12)C1CCCC1. The summed E-state index contributed by atoms with van der Waals surface area (Å²) in [4.78, 5) is 11.8. The summed E-state index contributed by atoms with van der Waals surface area (Å²) >= 11 is 0. The highest BCUT2D eigenvalue weighted by Crippen LogP contribution is 2.65. The second-order valence-electron chi connectivity index (χ2n) is 7.64. The zero-order valence-corrected chi connectivity index (χ0v) is 17.1. The van der Waals surface area contributed by atoms with E-state index in [9.17, 15) is 4.89 Å². The Balaban J connectivity index is 1.57. The van der Waals surface area contributed by atoms with Gasteiger partial charge in [0.05, 0.1) is 0 Å². The Morgan fingerprint density at radius 2 is 1.07 bits per heavy atom. The van der Waals surface area contributed by atoms with Crippen LogP contribution >= 0.6 is 7.94 Å². The fraction of sp³-hybridized carbons (Fsp3) is 0.200. The highest BCUT2D eigenvalue weighted by molar-refractivity contribution is 7.62. The van der Waals surface area contributed by atoms with E-state index in [0.717, 1.165) is 47.2 Å². The van der Waals surface area contributed by atoms with Crippen molar-refractivity contribution in [1.29, 1.82) is 0 Å². The standard InChI is InChI=1S/C25H24O3P/c26-29(21-13-3-4-14-21,27-24-17-7-11-19-9-1-5-15-22(19)24)28-25-18-8-12-20-10-2-6-16-23(20)25/h1-2,5-12,15-18,21,26H,3-4,13-14H2/q+1. The predicted octanol–water partition coefficient (Wildman–Crippen LogP) is 7.15. The third kappa shape index (κ3) is 3.57. The topological polar surface area (TPSA) is 38.7 Å². The highest BCUT2D eigenvalue weighted by Gasteiger charge is 2.54. The van der Waals surface area contributed by atoms with Crippen LogP contribution in [0.5, 0.6) is 11.5 Å². The van der Waals surface area contributed by atoms with Crippen LogP contribution in [0.15, 0.2) is 84.9 Å². The highest BCUT2D eigenvalue weighted by atomic mass is 31.2. The molecular formula is C25H24O3P+. The minimum absolute atomic E-state index is 0.0282. The van der Waals surface area contributed by atoms with E-state index in [2.05, 4.69) is 24.3 Å². The van der Waals surface area contributed by atoms with E-state index in [1.54, 1.807) is 0 Å². The van der Waals surface area contributed by atoms with Gasteiger partial charge in [0.15, 0.2) is 17.2 Å². The number of fused-ring (bicyclic) bond motifs is 2. The molecule has 1 saturated carbocycles. The van der Waals surface area contributed by atoms with Crippen molar-refractivity contribution in [1.82, 2.24) is 0 Å². The fourth-order valence-electron chi connectivity index (χ4n) is 4.23. The van der Waals surface area contributed by atoms with Crippen LogP contribution in [-0.4, -0.2) is 10.6 Å². The van der Waals surface area contributed by atoms with Gasteiger partial charge >= 0.3 is 7.94 Å². The first-order chi connectivity index (χ1) is 14.2. The Labute approximate surface area is 171 Å². The molecule has 4 aromatic rings. The van der Waals surface area contributed by atoms with E-state index in [-0.39, 0.29) is 5.66 Å². The van der Waals surface area contributed by atoms with Crippen LogP contribution in [0.25, 0.3) is 21.5 Å². The minimum Gasteiger partial charge on any atom is -0.277 e. The van der Waals surface area contributed by atoms with Crippen molar-refractivity contribution >= 4 is 29.5 Å². The van der Waals surface area contributed by atoms with Crippen molar-refractivity contribution < 1.29 is 13.9 Å². The first-order valence-electron chi connectivity index (χ1n) is 10.2. The molecule has 0 amide bonds. The molecule has 0 radical (unpaired) electrons. The molecule has 1 N–H and O–H groups in total. The summed E-state index contributed by atoms with van der Waals surface area (Å²) in [5.74, 6) is 1.37. The molecule has 1 aliphatic carbocycles. The molecule has 146 valence electrons. The molecule has 1 aliphatic rings. The van der Waals surface area contributed by atoms with Gasteiger partial charge in [-0.3, -0.25) is 9.05 Å². The second kappa shape index (κ2) is 7.67. The molecule has 3 nitrogen and oxygen atoms in total. The van der Waals surface area contributed by atoms with Gasteiger partial charge in [-0.15, -0.1) is 0 Å². The molecule has 29 heavy (non-hydrogen) atoms. The van der Waals surface area contributed by atoms with Gasteiger partial charge in [0, 0.05) is 10.8 Å². The maximum Gasteiger partial charge on any atom is 0.498 e. The normalized spacial score (nSPS) is 15.1. The van der Waals surface area contributed by atoms with Crippen LogP contribution < -0.4 is 9.05 Å². The summed E-state index contributed by atoms with van der Waals surface area (Å²) in [6.07, 6.45) is 4.06. The maximum atomic E-state index is 11.8. The van der Waals surface area contributed by atoms with Gasteiger partial charge < -0.3 is 0 Å². The van der Waals surface area contributed by atoms with Crippen molar-refractivity contribution in [3.63, 3.8) is 0 Å². The molecule has 0 saturated heterocycles. The van der Waals surface area contributed by atoms with Gasteiger partial charge in [-0.2, -0.15) is 4.89 Å². The van der Waals surface area contributed by atoms with Crippen molar-refractivity contribution in [3.05, 3.63) is 84.9 Å². The van der Waals surface area contributed by atoms with E-state index in [4.69, 9.17) is 9.05 Å². The minimum atomic E-state index is -3.17. The van der Waals surface area contributed by atoms with E-state index in [1.165, 1.54) is 0 Å². The smallest absolute Gasteiger partial charge is 0.277 e. The van der Waals surface area contributed by atoms with E-state index >= 15 is 0 Å². The molecular weight excluding hydrogens is 379 g/mol. The van der Waals surface area contributed by atoms with Gasteiger partial charge in [-0.25, -0.2) is 0 Å². The lowest BCUT2D eigenvalue weighted by atomic mass is 10.1. The molecule has 0 heterocycles. The van der Waals surface area contributed by atoms with Crippen LogP contribution in [0.4, 0.5) is 0 Å². The van der Waals surface area contributed by atoms with Crippen LogP contribution in [0.3, 0.4) is 0 Å². The van der Waals surface area contributed by atoms with Crippen LogP contribution in [-0.2, 0) is 0 Å². The molecule has 5 rings (SSSR count). The zero-order chi connectivity index (χ0) is 19.7. The van der Waals surface area contributed by atoms with E-state index < -0.39 is 7.94 Å². The number of hydrogen-bond acceptors (Lipinski definition) is 3. The quantitative estimate of drug-likeness (QED) is 0.360. The van der Waals surface area contributed by atoms with Crippen LogP contribution in [0, 0.1) is 0 Å². The second-order valence-corrected chi connectivity index (χ2v) is 9.86. The average Bonchev–Trinajstić information content (AvgIpc) is 3.30. The van der Waals surface area contributed by atoms with Crippen molar-refractivity contribution in [2.45, 2.75) is 31.3 Å². The third-order valence-corrected chi connectivity index (χ3v) is 8.10. The molecule has 0 atom stereocenters. The molecule has 1 fully saturated rings. The van der Waals surface area contributed by atoms with E-state index in [0.29, 0.717) is 11.5 Å². The summed E-state index contributed by atoms with van der Waals surface area (Å²) in [6, 6.07) is 28.1. The van der Waals surface area contributed by atoms with E-state index in [1.807, 2.05) is 60.7 Å². The Hall–Kier alpha value is -2.61. The van der Waals surface area contributed by atoms with Gasteiger partial charge in [0.1, 0.15) is 0 Å². The summed E-state index contributed by atoms with van der Waals surface area (Å²) in [7, 11) is -3.17. The molecule has 4 heteroatoms. The lowest BCUT2D eigenvalue weighted by molar-refractivity contribution is 0.334. The summed E-state index contributed by atoms with van der Waals surface area (Å²) in [6.45, 7) is 0. The zero-order valence-electron chi connectivity index (χ0n) is 16.2. The monoisotopic (exact) mass is 403 g/mol. The molecule has 0 aliphatic heterocycles. The van der Waals surface area contributed by atoms with Crippen LogP contribution in [0.2, 0.25) is 0 Å². The fourth-order valence-corrected chi connectivity index (χ4v) is 6.47. The predicted molar refractivity (Wildman–Crippen MR) is 121 cm³/mol. The molecule has 4 aromatic carbocycles. The Morgan fingerprint density at radius 1 is 0.621 bits per heavy atom. The first-order valence-corrected chi connectivity index (χ1v) is 11.8. The maximum absolute atomic E-state index is 11.8. The first kappa shape index (κ1) is 18.4. The summed E-state index contributed by atoms with van der Waals surface area (Å²) in [5.41, 5.74) is 0.0282. The van der Waals surface area contributed by atoms with Crippen molar-refractivity contribution in [2.75, 3.05) is 0 Å². The Bertz CT molecular complexity index is 1060. The number of benzene rings is 4. The lowest BCUT2D eigenvalue weighted by Crippen LogP contribution is -2.20. The Morgan fingerprint density at radius 3 is 1.59 bits per heavy atom. The number of rotatable bonds is 5. The average molecular weight is 403 g/mol.